The van der Waals surface area contributed by atoms with Crippen LogP contribution in [-0.2, 0) is 12.8 Å². The van der Waals surface area contributed by atoms with E-state index in [1.54, 1.807) is 16.7 Å². The molecule has 2 heteroatoms. The van der Waals surface area contributed by atoms with Gasteiger partial charge in [-0.25, -0.2) is 0 Å². The van der Waals surface area contributed by atoms with Crippen LogP contribution in [0, 0.1) is 18.8 Å². The highest BCUT2D eigenvalue weighted by atomic mass is 127. The van der Waals surface area contributed by atoms with Crippen LogP contribution in [0.3, 0.4) is 0 Å². The summed E-state index contributed by atoms with van der Waals surface area (Å²) in [5.41, 5.74) is 7.58. The maximum Gasteiger partial charge on any atom is 0.0273 e. The minimum atomic E-state index is 0.432. The molecule has 2 rings (SSSR count). The summed E-state index contributed by atoms with van der Waals surface area (Å²) >= 11 is 2.54. The topological polar surface area (TPSA) is 12.4 Å². The largest absolute Gasteiger partial charge is 0.300 e. The zero-order valence-electron chi connectivity index (χ0n) is 13.1. The Balaban J connectivity index is 2.61. The van der Waals surface area contributed by atoms with Gasteiger partial charge in [0.25, 0.3) is 0 Å². The monoisotopic (exact) mass is 381 g/mol. The summed E-state index contributed by atoms with van der Waals surface area (Å²) in [5.74, 6) is 1.04. The molecular formula is C18H24IN. The van der Waals surface area contributed by atoms with Crippen LogP contribution >= 0.6 is 22.6 Å². The molecule has 1 aliphatic rings. The van der Waals surface area contributed by atoms with Crippen LogP contribution in [0.5, 0.6) is 0 Å². The highest BCUT2D eigenvalue weighted by Crippen LogP contribution is 2.43. The number of fused-ring (bicyclic) bond motifs is 1. The number of hydrogen-bond donors (Lipinski definition) is 0. The molecule has 0 aliphatic heterocycles. The molecule has 0 spiro atoms. The predicted molar refractivity (Wildman–Crippen MR) is 97.9 cm³/mol. The third-order valence-electron chi connectivity index (χ3n) is 4.41. The second-order valence-electron chi connectivity index (χ2n) is 5.81. The van der Waals surface area contributed by atoms with Gasteiger partial charge < -0.3 is 4.99 Å². The summed E-state index contributed by atoms with van der Waals surface area (Å²) in [7, 11) is 1.86. The SMILES string of the molecule is CCc1c(C)ccc2c1C[C@@H](C)C([C@H](C)C=NC)=C2I. The van der Waals surface area contributed by atoms with E-state index >= 15 is 0 Å². The van der Waals surface area contributed by atoms with Crippen molar-refractivity contribution in [3.8, 4) is 0 Å². The van der Waals surface area contributed by atoms with E-state index in [-0.39, 0.29) is 0 Å². The van der Waals surface area contributed by atoms with Gasteiger partial charge in [0, 0.05) is 22.8 Å². The Morgan fingerprint density at radius 1 is 1.45 bits per heavy atom. The lowest BCUT2D eigenvalue weighted by Gasteiger charge is -2.30. The lowest BCUT2D eigenvalue weighted by Crippen LogP contribution is -2.19. The first-order chi connectivity index (χ1) is 9.51. The maximum atomic E-state index is 4.22. The lowest BCUT2D eigenvalue weighted by atomic mass is 9.77. The normalized spacial score (nSPS) is 20.4. The minimum absolute atomic E-state index is 0.432. The Bertz CT molecular complexity index is 569. The van der Waals surface area contributed by atoms with Crippen molar-refractivity contribution in [2.75, 3.05) is 7.05 Å². The van der Waals surface area contributed by atoms with E-state index in [0.717, 1.165) is 6.42 Å². The summed E-state index contributed by atoms with van der Waals surface area (Å²) < 4.78 is 1.44. The lowest BCUT2D eigenvalue weighted by molar-refractivity contribution is 0.616. The molecule has 0 radical (unpaired) electrons. The van der Waals surface area contributed by atoms with Crippen molar-refractivity contribution in [2.45, 2.75) is 40.5 Å². The quantitative estimate of drug-likeness (QED) is 0.502. The van der Waals surface area contributed by atoms with Gasteiger partial charge in [-0.2, -0.15) is 0 Å². The highest BCUT2D eigenvalue weighted by Gasteiger charge is 2.27. The average molecular weight is 381 g/mol. The van der Waals surface area contributed by atoms with Gasteiger partial charge >= 0.3 is 0 Å². The van der Waals surface area contributed by atoms with Crippen molar-refractivity contribution >= 4 is 32.4 Å². The second kappa shape index (κ2) is 6.42. The summed E-state index contributed by atoms with van der Waals surface area (Å²) in [5, 5.41) is 0. The van der Waals surface area contributed by atoms with Crippen molar-refractivity contribution in [1.29, 1.82) is 0 Å². The number of aryl methyl sites for hydroxylation is 1. The van der Waals surface area contributed by atoms with Crippen LogP contribution < -0.4 is 0 Å². The smallest absolute Gasteiger partial charge is 0.0273 e. The Morgan fingerprint density at radius 2 is 2.15 bits per heavy atom. The van der Waals surface area contributed by atoms with Crippen LogP contribution in [0.1, 0.15) is 43.0 Å². The molecule has 0 unspecified atom stereocenters. The molecule has 0 heterocycles. The molecule has 1 aromatic rings. The summed E-state index contributed by atoms with van der Waals surface area (Å²) in [6.07, 6.45) is 4.38. The van der Waals surface area contributed by atoms with E-state index < -0.39 is 0 Å². The molecule has 0 fully saturated rings. The van der Waals surface area contributed by atoms with Crippen LogP contribution in [0.25, 0.3) is 3.58 Å². The van der Waals surface area contributed by atoms with Gasteiger partial charge in [0.2, 0.25) is 0 Å². The molecule has 1 aromatic carbocycles. The molecule has 108 valence electrons. The molecule has 0 bridgehead atoms. The van der Waals surface area contributed by atoms with E-state index in [9.17, 15) is 0 Å². The fourth-order valence-electron chi connectivity index (χ4n) is 3.48. The summed E-state index contributed by atoms with van der Waals surface area (Å²) in [6, 6.07) is 4.59. The fraction of sp³-hybridized carbons (Fsp3) is 0.500. The molecule has 0 saturated heterocycles. The fourth-order valence-corrected chi connectivity index (χ4v) is 5.01. The summed E-state index contributed by atoms with van der Waals surface area (Å²) in [4.78, 5) is 4.22. The molecule has 20 heavy (non-hydrogen) atoms. The standard InChI is InChI=1S/C18H24IN/c1-6-14-11(2)7-8-15-16(14)9-12(3)17(18(15)19)13(4)10-20-5/h7-8,10,12-13H,6,9H2,1-5H3/t12-,13-/m1/s1. The van der Waals surface area contributed by atoms with Gasteiger partial charge in [0.05, 0.1) is 0 Å². The zero-order chi connectivity index (χ0) is 14.9. The Kier molecular flexibility index (Phi) is 5.05. The number of nitrogens with zero attached hydrogens (tertiary/aromatic N) is 1. The van der Waals surface area contributed by atoms with Gasteiger partial charge in [-0.1, -0.05) is 32.9 Å². The molecule has 2 atom stereocenters. The van der Waals surface area contributed by atoms with E-state index in [0.29, 0.717) is 11.8 Å². The Morgan fingerprint density at radius 3 is 2.75 bits per heavy atom. The molecule has 1 nitrogen and oxygen atoms in total. The number of hydrogen-bond acceptors (Lipinski definition) is 1. The molecule has 0 saturated carbocycles. The summed E-state index contributed by atoms with van der Waals surface area (Å²) in [6.45, 7) is 9.13. The maximum absolute atomic E-state index is 4.22. The molecule has 0 aromatic heterocycles. The average Bonchev–Trinajstić information content (AvgIpc) is 2.38. The Labute approximate surface area is 136 Å². The van der Waals surface area contributed by atoms with E-state index in [2.05, 4.69) is 73.6 Å². The molecule has 0 amide bonds. The first kappa shape index (κ1) is 15.7. The number of rotatable bonds is 3. The van der Waals surface area contributed by atoms with Gasteiger partial charge in [-0.3, -0.25) is 0 Å². The van der Waals surface area contributed by atoms with Gasteiger partial charge in [0.1, 0.15) is 0 Å². The zero-order valence-corrected chi connectivity index (χ0v) is 15.3. The first-order valence-electron chi connectivity index (χ1n) is 7.44. The highest BCUT2D eigenvalue weighted by molar-refractivity contribution is 14.1. The van der Waals surface area contributed by atoms with Crippen molar-refractivity contribution < 1.29 is 0 Å². The number of halogens is 1. The number of benzene rings is 1. The van der Waals surface area contributed by atoms with Crippen LogP contribution in [-0.4, -0.2) is 13.3 Å². The van der Waals surface area contributed by atoms with E-state index in [1.807, 2.05) is 7.05 Å². The van der Waals surface area contributed by atoms with Crippen molar-refractivity contribution in [1.82, 2.24) is 0 Å². The van der Waals surface area contributed by atoms with E-state index in [1.165, 1.54) is 21.1 Å². The van der Waals surface area contributed by atoms with Gasteiger partial charge in [-0.05, 0) is 76.1 Å². The number of aliphatic imine (C=N–C) groups is 1. The van der Waals surface area contributed by atoms with Gasteiger partial charge in [-0.15, -0.1) is 0 Å². The molecule has 1 aliphatic carbocycles. The van der Waals surface area contributed by atoms with Crippen molar-refractivity contribution in [3.63, 3.8) is 0 Å². The third-order valence-corrected chi connectivity index (χ3v) is 5.62. The molecular weight excluding hydrogens is 357 g/mol. The van der Waals surface area contributed by atoms with Crippen LogP contribution in [0.15, 0.2) is 22.7 Å². The Hall–Kier alpha value is -0.640. The minimum Gasteiger partial charge on any atom is -0.300 e. The second-order valence-corrected chi connectivity index (χ2v) is 6.89. The van der Waals surface area contributed by atoms with Crippen LogP contribution in [0.2, 0.25) is 0 Å². The number of allylic oxidation sites excluding steroid dienone is 1. The predicted octanol–water partition coefficient (Wildman–Crippen LogP) is 5.23. The third kappa shape index (κ3) is 2.72. The first-order valence-corrected chi connectivity index (χ1v) is 8.52. The van der Waals surface area contributed by atoms with Gasteiger partial charge in [0.15, 0.2) is 0 Å². The van der Waals surface area contributed by atoms with Crippen molar-refractivity contribution in [3.05, 3.63) is 40.0 Å². The van der Waals surface area contributed by atoms with Crippen molar-refractivity contribution in [2.24, 2.45) is 16.8 Å². The molecule has 0 N–H and O–H groups in total. The van der Waals surface area contributed by atoms with Crippen LogP contribution in [0.4, 0.5) is 0 Å². The van der Waals surface area contributed by atoms with E-state index in [4.69, 9.17) is 0 Å².